The predicted molar refractivity (Wildman–Crippen MR) is 60.6 cm³/mol. The van der Waals surface area contributed by atoms with E-state index >= 15 is 0 Å². The average Bonchev–Trinajstić information content (AvgIpc) is 2.24. The highest BCUT2D eigenvalue weighted by atomic mass is 16.3. The summed E-state index contributed by atoms with van der Waals surface area (Å²) in [6.07, 6.45) is 0.446. The molecular formula is C10H18N3O4. The second-order valence-electron chi connectivity index (χ2n) is 3.86. The average molecular weight is 244 g/mol. The first kappa shape index (κ1) is 15.5. The zero-order valence-electron chi connectivity index (χ0n) is 10.1. The van der Waals surface area contributed by atoms with Crippen LogP contribution in [0.25, 0.3) is 0 Å². The zero-order chi connectivity index (χ0) is 13.6. The van der Waals surface area contributed by atoms with Gasteiger partial charge in [-0.2, -0.15) is 0 Å². The number of amides is 2. The van der Waals surface area contributed by atoms with Gasteiger partial charge in [0, 0.05) is 0 Å². The van der Waals surface area contributed by atoms with Gasteiger partial charge in [0.15, 0.2) is 0 Å². The molecule has 4 unspecified atom stereocenters. The number of hydrogen-bond acceptors (Lipinski definition) is 5. The van der Waals surface area contributed by atoms with Gasteiger partial charge in [-0.15, -0.1) is 0 Å². The van der Waals surface area contributed by atoms with Gasteiger partial charge < -0.3 is 21.5 Å². The molecule has 0 aromatic rings. The molecule has 7 nitrogen and oxygen atoms in total. The highest BCUT2D eigenvalue weighted by Gasteiger charge is 2.22. The third-order valence-electron chi connectivity index (χ3n) is 2.07. The Morgan fingerprint density at radius 1 is 1.18 bits per heavy atom. The van der Waals surface area contributed by atoms with Crippen molar-refractivity contribution in [3.05, 3.63) is 0 Å². The first-order chi connectivity index (χ1) is 7.79. The fraction of sp³-hybridized carbons (Fsp3) is 0.700. The summed E-state index contributed by atoms with van der Waals surface area (Å²) in [6, 6.07) is -2.68. The molecular weight excluding hydrogens is 226 g/mol. The molecule has 0 aromatic heterocycles. The van der Waals surface area contributed by atoms with Gasteiger partial charge in [0.25, 0.3) is 0 Å². The normalized spacial score (nSPS) is 17.5. The maximum atomic E-state index is 11.5. The molecule has 4 atom stereocenters. The molecule has 0 rings (SSSR count). The van der Waals surface area contributed by atoms with Gasteiger partial charge in [-0.3, -0.25) is 14.4 Å². The van der Waals surface area contributed by atoms with Crippen molar-refractivity contribution in [2.75, 3.05) is 0 Å². The fourth-order valence-electron chi connectivity index (χ4n) is 0.937. The van der Waals surface area contributed by atoms with E-state index < -0.39 is 36.0 Å². The third-order valence-corrected chi connectivity index (χ3v) is 2.07. The Hall–Kier alpha value is -1.47. The van der Waals surface area contributed by atoms with Crippen LogP contribution in [0.4, 0.5) is 0 Å². The molecule has 0 aliphatic heterocycles. The molecule has 0 heterocycles. The number of carbonyl (C=O) groups excluding carboxylic acids is 3. The monoisotopic (exact) mass is 244 g/mol. The van der Waals surface area contributed by atoms with E-state index in [0.717, 1.165) is 0 Å². The minimum atomic E-state index is -1.11. The van der Waals surface area contributed by atoms with E-state index in [0.29, 0.717) is 0 Å². The SMILES string of the molecule is CC(N)C(=O)NC(C)C(=O)NC([C]=O)C(C)O. The molecule has 2 amide bonds. The molecule has 97 valence electrons. The van der Waals surface area contributed by atoms with Crippen LogP contribution >= 0.6 is 0 Å². The number of nitrogens with one attached hydrogen (secondary N) is 2. The van der Waals surface area contributed by atoms with Crippen molar-refractivity contribution < 1.29 is 19.5 Å². The molecule has 0 aromatic carbocycles. The van der Waals surface area contributed by atoms with Crippen LogP contribution < -0.4 is 16.4 Å². The van der Waals surface area contributed by atoms with Crippen LogP contribution in [0.1, 0.15) is 20.8 Å². The standard InChI is InChI=1S/C10H18N3O4/c1-5(11)9(16)12-6(2)10(17)13-8(4-14)7(3)15/h5-8,15H,11H2,1-3H3,(H,12,16)(H,13,17). The van der Waals surface area contributed by atoms with E-state index in [4.69, 9.17) is 10.8 Å². The Balaban J connectivity index is 4.31. The van der Waals surface area contributed by atoms with Crippen molar-refractivity contribution in [1.29, 1.82) is 0 Å². The fourth-order valence-corrected chi connectivity index (χ4v) is 0.937. The van der Waals surface area contributed by atoms with E-state index in [9.17, 15) is 14.4 Å². The molecule has 0 saturated carbocycles. The van der Waals surface area contributed by atoms with Gasteiger partial charge in [-0.05, 0) is 20.8 Å². The highest BCUT2D eigenvalue weighted by Crippen LogP contribution is 1.91. The Kier molecular flexibility index (Phi) is 6.37. The van der Waals surface area contributed by atoms with E-state index in [-0.39, 0.29) is 0 Å². The first-order valence-electron chi connectivity index (χ1n) is 5.21. The molecule has 0 spiro atoms. The maximum Gasteiger partial charge on any atom is 0.242 e. The predicted octanol–water partition coefficient (Wildman–Crippen LogP) is -2.19. The van der Waals surface area contributed by atoms with Gasteiger partial charge in [0.1, 0.15) is 12.1 Å². The van der Waals surface area contributed by atoms with Crippen LogP contribution in [0.3, 0.4) is 0 Å². The lowest BCUT2D eigenvalue weighted by atomic mass is 10.2. The smallest absolute Gasteiger partial charge is 0.242 e. The lowest BCUT2D eigenvalue weighted by Crippen LogP contribution is -2.53. The summed E-state index contributed by atoms with van der Waals surface area (Å²) in [5.74, 6) is -1.07. The van der Waals surface area contributed by atoms with E-state index in [1.165, 1.54) is 27.1 Å². The Morgan fingerprint density at radius 2 is 1.71 bits per heavy atom. The topological polar surface area (TPSA) is 122 Å². The summed E-state index contributed by atoms with van der Waals surface area (Å²) in [4.78, 5) is 33.2. The second-order valence-corrected chi connectivity index (χ2v) is 3.86. The lowest BCUT2D eigenvalue weighted by Gasteiger charge is -2.19. The van der Waals surface area contributed by atoms with Crippen molar-refractivity contribution in [3.8, 4) is 0 Å². The number of aliphatic hydroxyl groups excluding tert-OH is 1. The lowest BCUT2D eigenvalue weighted by molar-refractivity contribution is -0.129. The van der Waals surface area contributed by atoms with Crippen LogP contribution in [0.5, 0.6) is 0 Å². The van der Waals surface area contributed by atoms with Gasteiger partial charge in [-0.25, -0.2) is 0 Å². The summed E-state index contributed by atoms with van der Waals surface area (Å²) >= 11 is 0. The van der Waals surface area contributed by atoms with Gasteiger partial charge in [0.05, 0.1) is 12.1 Å². The van der Waals surface area contributed by atoms with Crippen molar-refractivity contribution in [1.82, 2.24) is 10.6 Å². The van der Waals surface area contributed by atoms with Crippen LogP contribution in [0, 0.1) is 0 Å². The Bertz CT molecular complexity index is 291. The van der Waals surface area contributed by atoms with Crippen LogP contribution in [-0.4, -0.2) is 47.4 Å². The van der Waals surface area contributed by atoms with Crippen LogP contribution in [-0.2, 0) is 14.4 Å². The second kappa shape index (κ2) is 6.97. The number of hydrogen-bond donors (Lipinski definition) is 4. The molecule has 17 heavy (non-hydrogen) atoms. The van der Waals surface area contributed by atoms with Gasteiger partial charge in [-0.1, -0.05) is 0 Å². The number of carbonyl (C=O) groups is 2. The first-order valence-corrected chi connectivity index (χ1v) is 5.21. The van der Waals surface area contributed by atoms with E-state index in [2.05, 4.69) is 10.6 Å². The van der Waals surface area contributed by atoms with Crippen molar-refractivity contribution in [2.45, 2.75) is 45.0 Å². The van der Waals surface area contributed by atoms with Crippen molar-refractivity contribution >= 4 is 18.1 Å². The molecule has 1 radical (unpaired) electrons. The Morgan fingerprint density at radius 3 is 2.06 bits per heavy atom. The quantitative estimate of drug-likeness (QED) is 0.423. The molecule has 0 aliphatic carbocycles. The largest absolute Gasteiger partial charge is 0.391 e. The molecule has 5 N–H and O–H groups in total. The van der Waals surface area contributed by atoms with Crippen molar-refractivity contribution in [3.63, 3.8) is 0 Å². The highest BCUT2D eigenvalue weighted by molar-refractivity contribution is 5.90. The molecule has 0 fully saturated rings. The van der Waals surface area contributed by atoms with Crippen LogP contribution in [0.2, 0.25) is 0 Å². The summed E-state index contributed by atoms with van der Waals surface area (Å²) in [7, 11) is 0. The Labute approximate surface area is 99.7 Å². The van der Waals surface area contributed by atoms with Crippen LogP contribution in [0.15, 0.2) is 0 Å². The number of rotatable bonds is 6. The molecule has 0 saturated heterocycles. The maximum absolute atomic E-state index is 11.5. The van der Waals surface area contributed by atoms with Gasteiger partial charge in [0.2, 0.25) is 18.1 Å². The third kappa shape index (κ3) is 5.41. The molecule has 0 aliphatic rings. The summed E-state index contributed by atoms with van der Waals surface area (Å²) < 4.78 is 0. The zero-order valence-corrected chi connectivity index (χ0v) is 10.1. The summed E-state index contributed by atoms with van der Waals surface area (Å²) in [5.41, 5.74) is 5.31. The molecule has 0 bridgehead atoms. The molecule has 7 heteroatoms. The minimum absolute atomic E-state index is 0.476. The minimum Gasteiger partial charge on any atom is -0.391 e. The summed E-state index contributed by atoms with van der Waals surface area (Å²) in [5, 5.41) is 13.7. The number of aliphatic hydroxyl groups is 1. The van der Waals surface area contributed by atoms with Gasteiger partial charge >= 0.3 is 0 Å². The summed E-state index contributed by atoms with van der Waals surface area (Å²) in [6.45, 7) is 4.28. The van der Waals surface area contributed by atoms with Crippen molar-refractivity contribution in [2.24, 2.45) is 5.73 Å². The van der Waals surface area contributed by atoms with E-state index in [1.54, 1.807) is 0 Å². The number of nitrogens with two attached hydrogens (primary N) is 1. The van der Waals surface area contributed by atoms with E-state index in [1.807, 2.05) is 0 Å².